The molecule has 39 heavy (non-hydrogen) atoms. The van der Waals surface area contributed by atoms with Gasteiger partial charge in [0.05, 0.1) is 11.6 Å². The second kappa shape index (κ2) is 12.0. The van der Waals surface area contributed by atoms with Gasteiger partial charge in [0.25, 0.3) is 5.91 Å². The molecule has 3 aromatic rings. The fraction of sp³-hybridized carbons (Fsp3) is 0.452. The lowest BCUT2D eigenvalue weighted by molar-refractivity contribution is -0.126. The molecule has 1 unspecified atom stereocenters. The van der Waals surface area contributed by atoms with Crippen molar-refractivity contribution in [2.24, 2.45) is 0 Å². The number of anilines is 1. The maximum absolute atomic E-state index is 13.3. The maximum atomic E-state index is 13.3. The summed E-state index contributed by atoms with van der Waals surface area (Å²) in [6, 6.07) is 13.4. The third kappa shape index (κ3) is 6.01. The zero-order valence-corrected chi connectivity index (χ0v) is 23.1. The van der Waals surface area contributed by atoms with Crippen LogP contribution >= 0.6 is 0 Å². The van der Waals surface area contributed by atoms with Gasteiger partial charge in [-0.25, -0.2) is 4.98 Å². The largest absolute Gasteiger partial charge is 0.488 e. The molecule has 2 aliphatic heterocycles. The zero-order chi connectivity index (χ0) is 27.4. The van der Waals surface area contributed by atoms with E-state index in [0.717, 1.165) is 74.1 Å². The Morgan fingerprint density at radius 1 is 1.10 bits per heavy atom. The molecule has 2 fully saturated rings. The Morgan fingerprint density at radius 2 is 1.90 bits per heavy atom. The summed E-state index contributed by atoms with van der Waals surface area (Å²) in [5.41, 5.74) is 3.23. The summed E-state index contributed by atoms with van der Waals surface area (Å²) in [7, 11) is 0. The molecular formula is C31H39N5O3. The molecule has 206 valence electrons. The molecule has 8 heteroatoms. The fourth-order valence-electron chi connectivity index (χ4n) is 5.80. The van der Waals surface area contributed by atoms with Crippen LogP contribution < -0.4 is 10.1 Å². The summed E-state index contributed by atoms with van der Waals surface area (Å²) < 4.78 is 8.75. The highest BCUT2D eigenvalue weighted by Gasteiger charge is 2.29. The number of aryl methyl sites for hydroxylation is 1. The number of fused-ring (bicyclic) bond motifs is 1. The molecule has 1 N–H and O–H groups in total. The van der Waals surface area contributed by atoms with Crippen molar-refractivity contribution < 1.29 is 14.3 Å². The summed E-state index contributed by atoms with van der Waals surface area (Å²) in [5, 5.41) is 3.09. The Hall–Kier alpha value is -3.65. The molecule has 0 aliphatic carbocycles. The van der Waals surface area contributed by atoms with Crippen LogP contribution in [0.25, 0.3) is 11.0 Å². The van der Waals surface area contributed by atoms with Crippen LogP contribution in [0.2, 0.25) is 0 Å². The Morgan fingerprint density at radius 3 is 2.64 bits per heavy atom. The van der Waals surface area contributed by atoms with E-state index in [9.17, 15) is 9.59 Å². The van der Waals surface area contributed by atoms with Gasteiger partial charge in [0.15, 0.2) is 0 Å². The van der Waals surface area contributed by atoms with Crippen LogP contribution in [-0.2, 0) is 4.79 Å². The number of amides is 2. The summed E-state index contributed by atoms with van der Waals surface area (Å²) >= 11 is 0. The minimum Gasteiger partial charge on any atom is -0.488 e. The number of nitrogens with one attached hydrogen (secondary N) is 1. The Kier molecular flexibility index (Phi) is 8.31. The van der Waals surface area contributed by atoms with Gasteiger partial charge < -0.3 is 19.1 Å². The van der Waals surface area contributed by atoms with Crippen molar-refractivity contribution in [2.45, 2.75) is 58.1 Å². The molecule has 0 radical (unpaired) electrons. The molecule has 3 heterocycles. The number of hydrogen-bond acceptors (Lipinski definition) is 5. The first kappa shape index (κ1) is 26.9. The van der Waals surface area contributed by atoms with E-state index in [2.05, 4.69) is 28.3 Å². The first-order valence-corrected chi connectivity index (χ1v) is 14.2. The number of hydrogen-bond donors (Lipinski definition) is 1. The van der Waals surface area contributed by atoms with Gasteiger partial charge in [0.1, 0.15) is 17.4 Å². The van der Waals surface area contributed by atoms with Crippen molar-refractivity contribution in [3.8, 4) is 5.75 Å². The van der Waals surface area contributed by atoms with Gasteiger partial charge in [-0.1, -0.05) is 37.3 Å². The van der Waals surface area contributed by atoms with Gasteiger partial charge in [0.2, 0.25) is 11.9 Å². The highest BCUT2D eigenvalue weighted by atomic mass is 16.5. The predicted molar refractivity (Wildman–Crippen MR) is 154 cm³/mol. The SMILES string of the molecule is C=CC(=O)N1CCCCC(n2c(NC(=O)c3cccc(C)c3)nc3cccc(OC4CCN(CC)CC4)c32)C1. The van der Waals surface area contributed by atoms with Gasteiger partial charge in [-0.2, -0.15) is 0 Å². The minimum absolute atomic E-state index is 0.0686. The lowest BCUT2D eigenvalue weighted by Gasteiger charge is -2.31. The van der Waals surface area contributed by atoms with Crippen molar-refractivity contribution in [1.82, 2.24) is 19.4 Å². The number of aromatic nitrogens is 2. The maximum Gasteiger partial charge on any atom is 0.257 e. The average molecular weight is 530 g/mol. The molecule has 1 aromatic heterocycles. The van der Waals surface area contributed by atoms with Gasteiger partial charge in [-0.05, 0) is 75.9 Å². The van der Waals surface area contributed by atoms with Gasteiger partial charge in [0, 0.05) is 31.7 Å². The molecule has 5 rings (SSSR count). The first-order chi connectivity index (χ1) is 19.0. The number of likely N-dealkylation sites (tertiary alicyclic amines) is 2. The number of para-hydroxylation sites is 1. The van der Waals surface area contributed by atoms with E-state index >= 15 is 0 Å². The molecule has 2 amide bonds. The third-order valence-electron chi connectivity index (χ3n) is 7.95. The lowest BCUT2D eigenvalue weighted by Crippen LogP contribution is -2.38. The molecule has 0 saturated carbocycles. The third-order valence-corrected chi connectivity index (χ3v) is 7.95. The van der Waals surface area contributed by atoms with E-state index in [-0.39, 0.29) is 24.0 Å². The van der Waals surface area contributed by atoms with Crippen molar-refractivity contribution in [1.29, 1.82) is 0 Å². The number of rotatable bonds is 7. The number of piperidine rings is 1. The normalized spacial score (nSPS) is 19.0. The summed E-state index contributed by atoms with van der Waals surface area (Å²) in [6.07, 6.45) is 6.21. The van der Waals surface area contributed by atoms with Crippen molar-refractivity contribution in [2.75, 3.05) is 38.0 Å². The molecule has 2 saturated heterocycles. The minimum atomic E-state index is -0.211. The van der Waals surface area contributed by atoms with Crippen LogP contribution in [0.3, 0.4) is 0 Å². The molecule has 8 nitrogen and oxygen atoms in total. The summed E-state index contributed by atoms with van der Waals surface area (Å²) in [4.78, 5) is 35.2. The van der Waals surface area contributed by atoms with Gasteiger partial charge in [-0.15, -0.1) is 0 Å². The number of carbonyl (C=O) groups is 2. The first-order valence-electron chi connectivity index (χ1n) is 14.2. The molecule has 0 spiro atoms. The molecule has 0 bridgehead atoms. The van der Waals surface area contributed by atoms with E-state index in [1.165, 1.54) is 6.08 Å². The predicted octanol–water partition coefficient (Wildman–Crippen LogP) is 5.20. The lowest BCUT2D eigenvalue weighted by atomic mass is 10.1. The highest BCUT2D eigenvalue weighted by molar-refractivity contribution is 6.04. The molecule has 2 aliphatic rings. The quantitative estimate of drug-likeness (QED) is 0.426. The smallest absolute Gasteiger partial charge is 0.257 e. The second-order valence-corrected chi connectivity index (χ2v) is 10.6. The number of carbonyl (C=O) groups excluding carboxylic acids is 2. The van der Waals surface area contributed by atoms with Crippen LogP contribution in [-0.4, -0.2) is 70.0 Å². The highest BCUT2D eigenvalue weighted by Crippen LogP contribution is 2.36. The van der Waals surface area contributed by atoms with Crippen molar-refractivity contribution in [3.63, 3.8) is 0 Å². The number of nitrogens with zero attached hydrogens (tertiary/aromatic N) is 4. The number of ether oxygens (including phenoxy) is 1. The van der Waals surface area contributed by atoms with Crippen molar-refractivity contribution >= 4 is 28.8 Å². The van der Waals surface area contributed by atoms with Crippen LogP contribution in [0.1, 0.15) is 61.0 Å². The van der Waals surface area contributed by atoms with Crippen LogP contribution in [0, 0.1) is 6.92 Å². The molecular weight excluding hydrogens is 490 g/mol. The van der Waals surface area contributed by atoms with Crippen LogP contribution in [0.4, 0.5) is 5.95 Å². The summed E-state index contributed by atoms with van der Waals surface area (Å²) in [6.45, 7) is 12.2. The standard InChI is InChI=1S/C31H39N5O3/c1-4-28(37)35-17-7-6-12-24(21-35)36-29-26(32-31(36)33-30(38)23-11-8-10-22(3)20-23)13-9-14-27(29)39-25-15-18-34(5-2)19-16-25/h4,8-11,13-14,20,24-25H,1,5-7,12,15-19,21H2,2-3H3,(H,32,33,38). The fourth-order valence-corrected chi connectivity index (χ4v) is 5.80. The number of benzene rings is 2. The number of imidazole rings is 1. The van der Waals surface area contributed by atoms with E-state index in [1.807, 2.05) is 54.3 Å². The summed E-state index contributed by atoms with van der Waals surface area (Å²) in [5.74, 6) is 0.969. The van der Waals surface area contributed by atoms with E-state index < -0.39 is 0 Å². The van der Waals surface area contributed by atoms with Crippen molar-refractivity contribution in [3.05, 3.63) is 66.2 Å². The average Bonchev–Trinajstić information content (AvgIpc) is 3.14. The van der Waals surface area contributed by atoms with Gasteiger partial charge in [-0.3, -0.25) is 14.9 Å². The van der Waals surface area contributed by atoms with Crippen LogP contribution in [0.5, 0.6) is 5.75 Å². The van der Waals surface area contributed by atoms with Gasteiger partial charge >= 0.3 is 0 Å². The van der Waals surface area contributed by atoms with E-state index in [4.69, 9.17) is 9.72 Å². The Bertz CT molecular complexity index is 1340. The molecule has 1 atom stereocenters. The zero-order valence-electron chi connectivity index (χ0n) is 23.1. The van der Waals surface area contributed by atoms with E-state index in [1.54, 1.807) is 0 Å². The van der Waals surface area contributed by atoms with Crippen LogP contribution in [0.15, 0.2) is 55.1 Å². The topological polar surface area (TPSA) is 79.7 Å². The molecule has 2 aromatic carbocycles. The monoisotopic (exact) mass is 529 g/mol. The second-order valence-electron chi connectivity index (χ2n) is 10.6. The van der Waals surface area contributed by atoms with E-state index in [0.29, 0.717) is 24.6 Å². The Labute approximate surface area is 230 Å². The Balaban J connectivity index is 1.54.